The molecule has 0 aliphatic heterocycles. The third-order valence-electron chi connectivity index (χ3n) is 3.35. The maximum atomic E-state index is 13.3. The van der Waals surface area contributed by atoms with Gasteiger partial charge in [0.05, 0.1) is 17.1 Å². The number of rotatable bonds is 3. The van der Waals surface area contributed by atoms with Gasteiger partial charge in [0.15, 0.2) is 0 Å². The van der Waals surface area contributed by atoms with Crippen molar-refractivity contribution in [2.24, 2.45) is 0 Å². The van der Waals surface area contributed by atoms with Crippen LogP contribution in [0.3, 0.4) is 0 Å². The van der Waals surface area contributed by atoms with Gasteiger partial charge in [0.1, 0.15) is 5.82 Å². The summed E-state index contributed by atoms with van der Waals surface area (Å²) in [7, 11) is 0. The van der Waals surface area contributed by atoms with Crippen LogP contribution in [0.2, 0.25) is 5.02 Å². The Morgan fingerprint density at radius 1 is 1.18 bits per heavy atom. The first-order valence-electron chi connectivity index (χ1n) is 6.64. The highest BCUT2D eigenvalue weighted by atomic mass is 35.5. The molecule has 1 aromatic heterocycles. The highest BCUT2D eigenvalue weighted by Crippen LogP contribution is 2.24. The van der Waals surface area contributed by atoms with Crippen molar-refractivity contribution in [2.75, 3.05) is 5.32 Å². The van der Waals surface area contributed by atoms with Crippen LogP contribution in [-0.4, -0.2) is 4.98 Å². The molecule has 0 aliphatic carbocycles. The van der Waals surface area contributed by atoms with Gasteiger partial charge in [-0.1, -0.05) is 11.6 Å². The van der Waals surface area contributed by atoms with E-state index in [1.807, 2.05) is 6.07 Å². The summed E-state index contributed by atoms with van der Waals surface area (Å²) in [6.45, 7) is 0.381. The Kier molecular flexibility index (Phi) is 3.90. The number of anilines is 1. The van der Waals surface area contributed by atoms with Gasteiger partial charge in [0.2, 0.25) is 0 Å². The van der Waals surface area contributed by atoms with Crippen LogP contribution in [0.4, 0.5) is 10.1 Å². The number of benzene rings is 2. The molecule has 0 aliphatic rings. The number of nitrogens with one attached hydrogen (secondary N) is 1. The van der Waals surface area contributed by atoms with Crippen LogP contribution in [0.1, 0.15) is 11.1 Å². The Morgan fingerprint density at radius 3 is 2.86 bits per heavy atom. The molecule has 1 heterocycles. The van der Waals surface area contributed by atoms with Crippen molar-refractivity contribution < 1.29 is 4.39 Å². The Balaban J connectivity index is 1.94. The number of nitriles is 1. The molecule has 0 saturated carbocycles. The molecular formula is C17H11ClFN3. The first-order valence-corrected chi connectivity index (χ1v) is 7.02. The maximum Gasteiger partial charge on any atom is 0.123 e. The zero-order valence-electron chi connectivity index (χ0n) is 11.5. The lowest BCUT2D eigenvalue weighted by Gasteiger charge is -2.11. The second kappa shape index (κ2) is 6.00. The number of halogens is 2. The van der Waals surface area contributed by atoms with E-state index in [1.54, 1.807) is 24.4 Å². The average molecular weight is 312 g/mol. The average Bonchev–Trinajstić information content (AvgIpc) is 2.55. The van der Waals surface area contributed by atoms with E-state index in [2.05, 4.69) is 16.4 Å². The van der Waals surface area contributed by atoms with E-state index in [4.69, 9.17) is 16.9 Å². The van der Waals surface area contributed by atoms with Crippen LogP contribution in [0.15, 0.2) is 48.7 Å². The largest absolute Gasteiger partial charge is 0.380 e. The molecule has 0 radical (unpaired) electrons. The normalized spacial score (nSPS) is 10.4. The van der Waals surface area contributed by atoms with Crippen LogP contribution in [-0.2, 0) is 6.54 Å². The predicted molar refractivity (Wildman–Crippen MR) is 85.2 cm³/mol. The molecule has 3 nitrogen and oxygen atoms in total. The van der Waals surface area contributed by atoms with Gasteiger partial charge in [-0.3, -0.25) is 4.98 Å². The van der Waals surface area contributed by atoms with E-state index in [9.17, 15) is 4.39 Å². The van der Waals surface area contributed by atoms with Gasteiger partial charge in [-0.2, -0.15) is 5.26 Å². The molecule has 22 heavy (non-hydrogen) atoms. The number of aromatic nitrogens is 1. The predicted octanol–water partition coefficient (Wildman–Crippen LogP) is 4.51. The lowest BCUT2D eigenvalue weighted by molar-refractivity contribution is 0.626. The SMILES string of the molecule is N#Cc1ccc2nccc(NCc3cc(F)ccc3Cl)c2c1. The van der Waals surface area contributed by atoms with Crippen LogP contribution < -0.4 is 5.32 Å². The summed E-state index contributed by atoms with van der Waals surface area (Å²) in [5.74, 6) is -0.326. The van der Waals surface area contributed by atoms with Crippen LogP contribution in [0, 0.1) is 17.1 Å². The molecule has 2 aromatic carbocycles. The highest BCUT2D eigenvalue weighted by molar-refractivity contribution is 6.31. The lowest BCUT2D eigenvalue weighted by Crippen LogP contribution is -2.01. The van der Waals surface area contributed by atoms with E-state index in [0.717, 1.165) is 16.6 Å². The molecule has 0 spiro atoms. The summed E-state index contributed by atoms with van der Waals surface area (Å²) in [6.07, 6.45) is 1.68. The minimum Gasteiger partial charge on any atom is -0.380 e. The standard InChI is InChI=1S/C17H11ClFN3/c18-15-3-2-13(19)8-12(15)10-22-17-5-6-21-16-4-1-11(9-20)7-14(16)17/h1-8H,10H2,(H,21,22). The molecular weight excluding hydrogens is 301 g/mol. The Labute approximate surface area is 132 Å². The Bertz CT molecular complexity index is 887. The van der Waals surface area contributed by atoms with E-state index in [-0.39, 0.29) is 5.82 Å². The molecule has 3 aromatic rings. The zero-order chi connectivity index (χ0) is 15.5. The molecule has 0 saturated heterocycles. The summed E-state index contributed by atoms with van der Waals surface area (Å²) in [5, 5.41) is 13.6. The van der Waals surface area contributed by atoms with Crippen molar-refractivity contribution in [1.29, 1.82) is 5.26 Å². The van der Waals surface area contributed by atoms with E-state index < -0.39 is 0 Å². The number of hydrogen-bond acceptors (Lipinski definition) is 3. The minimum absolute atomic E-state index is 0.326. The summed E-state index contributed by atoms with van der Waals surface area (Å²) in [6, 6.07) is 13.5. The third kappa shape index (κ3) is 2.85. The topological polar surface area (TPSA) is 48.7 Å². The van der Waals surface area contributed by atoms with Gasteiger partial charge in [-0.25, -0.2) is 4.39 Å². The third-order valence-corrected chi connectivity index (χ3v) is 3.72. The molecule has 5 heteroatoms. The number of pyridine rings is 1. The fraction of sp³-hybridized carbons (Fsp3) is 0.0588. The van der Waals surface area contributed by atoms with Crippen molar-refractivity contribution in [3.05, 3.63) is 70.6 Å². The van der Waals surface area contributed by atoms with Crippen molar-refractivity contribution in [1.82, 2.24) is 4.98 Å². The summed E-state index contributed by atoms with van der Waals surface area (Å²) in [5.41, 5.74) is 2.84. The van der Waals surface area contributed by atoms with Crippen molar-refractivity contribution in [3.63, 3.8) is 0 Å². The van der Waals surface area contributed by atoms with Crippen LogP contribution in [0.25, 0.3) is 10.9 Å². The van der Waals surface area contributed by atoms with Crippen molar-refractivity contribution in [3.8, 4) is 6.07 Å². The first-order chi connectivity index (χ1) is 10.7. The molecule has 0 unspecified atom stereocenters. The van der Waals surface area contributed by atoms with Gasteiger partial charge in [0.25, 0.3) is 0 Å². The molecule has 0 fully saturated rings. The van der Waals surface area contributed by atoms with Crippen molar-refractivity contribution in [2.45, 2.75) is 6.54 Å². The van der Waals surface area contributed by atoms with Gasteiger partial charge < -0.3 is 5.32 Å². The first kappa shape index (κ1) is 14.3. The zero-order valence-corrected chi connectivity index (χ0v) is 12.2. The second-order valence-corrected chi connectivity index (χ2v) is 5.20. The van der Waals surface area contributed by atoms with Gasteiger partial charge >= 0.3 is 0 Å². The lowest BCUT2D eigenvalue weighted by atomic mass is 10.1. The van der Waals surface area contributed by atoms with E-state index in [1.165, 1.54) is 18.2 Å². The number of fused-ring (bicyclic) bond motifs is 1. The van der Waals surface area contributed by atoms with Crippen molar-refractivity contribution >= 4 is 28.2 Å². The Morgan fingerprint density at radius 2 is 2.05 bits per heavy atom. The summed E-state index contributed by atoms with van der Waals surface area (Å²) >= 11 is 6.07. The molecule has 1 N–H and O–H groups in total. The fourth-order valence-corrected chi connectivity index (χ4v) is 2.42. The maximum absolute atomic E-state index is 13.3. The second-order valence-electron chi connectivity index (χ2n) is 4.79. The quantitative estimate of drug-likeness (QED) is 0.774. The fourth-order valence-electron chi connectivity index (χ4n) is 2.24. The van der Waals surface area contributed by atoms with E-state index in [0.29, 0.717) is 22.7 Å². The summed E-state index contributed by atoms with van der Waals surface area (Å²) in [4.78, 5) is 4.27. The molecule has 0 bridgehead atoms. The van der Waals surface area contributed by atoms with Gasteiger partial charge in [-0.15, -0.1) is 0 Å². The monoisotopic (exact) mass is 311 g/mol. The van der Waals surface area contributed by atoms with Gasteiger partial charge in [-0.05, 0) is 48.0 Å². The Hall–Kier alpha value is -2.64. The van der Waals surface area contributed by atoms with E-state index >= 15 is 0 Å². The molecule has 108 valence electrons. The van der Waals surface area contributed by atoms with Crippen LogP contribution in [0.5, 0.6) is 0 Å². The molecule has 3 rings (SSSR count). The minimum atomic E-state index is -0.326. The smallest absolute Gasteiger partial charge is 0.123 e. The highest BCUT2D eigenvalue weighted by Gasteiger charge is 2.06. The molecule has 0 atom stereocenters. The van der Waals surface area contributed by atoms with Crippen LogP contribution >= 0.6 is 11.6 Å². The summed E-state index contributed by atoms with van der Waals surface area (Å²) < 4.78 is 13.3. The van der Waals surface area contributed by atoms with Gasteiger partial charge in [0, 0.05) is 28.8 Å². The number of hydrogen-bond donors (Lipinski definition) is 1. The molecule has 0 amide bonds. The number of nitrogens with zero attached hydrogens (tertiary/aromatic N) is 2.